The molecule has 0 saturated heterocycles. The molecule has 0 aliphatic rings. The summed E-state index contributed by atoms with van der Waals surface area (Å²) in [5.41, 5.74) is 0.478. The number of aromatic hydroxyl groups is 1. The number of benzene rings is 2. The topological polar surface area (TPSA) is 75.6 Å². The van der Waals surface area contributed by atoms with Gasteiger partial charge in [0, 0.05) is 10.6 Å². The number of halogens is 1. The fourth-order valence-electron chi connectivity index (χ4n) is 1.71. The standard InChI is InChI=1S/C15H12ClNO4/c1-21-15(20)11-3-2-4-12(13(11)18)17-14(19)9-5-7-10(16)8-6-9/h2-8,18H,1H3,(H,17,19). The first-order valence-electron chi connectivity index (χ1n) is 6.00. The van der Waals surface area contributed by atoms with Gasteiger partial charge in [0.1, 0.15) is 5.56 Å². The van der Waals surface area contributed by atoms with Crippen molar-refractivity contribution < 1.29 is 19.4 Å². The fraction of sp³-hybridized carbons (Fsp3) is 0.0667. The number of rotatable bonds is 3. The number of esters is 1. The Labute approximate surface area is 126 Å². The van der Waals surface area contributed by atoms with E-state index in [1.165, 1.54) is 25.3 Å². The van der Waals surface area contributed by atoms with E-state index in [4.69, 9.17) is 11.6 Å². The molecule has 5 nitrogen and oxygen atoms in total. The average molecular weight is 306 g/mol. The summed E-state index contributed by atoms with van der Waals surface area (Å²) in [6.07, 6.45) is 0. The lowest BCUT2D eigenvalue weighted by Crippen LogP contribution is -2.13. The lowest BCUT2D eigenvalue weighted by atomic mass is 10.1. The van der Waals surface area contributed by atoms with Crippen LogP contribution in [0.3, 0.4) is 0 Å². The molecule has 108 valence electrons. The highest BCUT2D eigenvalue weighted by Gasteiger charge is 2.16. The van der Waals surface area contributed by atoms with Crippen LogP contribution in [-0.2, 0) is 4.74 Å². The quantitative estimate of drug-likeness (QED) is 0.675. The number of methoxy groups -OCH3 is 1. The number of hydrogen-bond acceptors (Lipinski definition) is 4. The lowest BCUT2D eigenvalue weighted by Gasteiger charge is -2.10. The van der Waals surface area contributed by atoms with Gasteiger partial charge in [0.2, 0.25) is 0 Å². The van der Waals surface area contributed by atoms with Crippen molar-refractivity contribution in [3.63, 3.8) is 0 Å². The smallest absolute Gasteiger partial charge is 0.341 e. The van der Waals surface area contributed by atoms with Crippen LogP contribution in [0.5, 0.6) is 5.75 Å². The summed E-state index contributed by atoms with van der Waals surface area (Å²) < 4.78 is 4.55. The zero-order valence-corrected chi connectivity index (χ0v) is 11.8. The number of ether oxygens (including phenoxy) is 1. The van der Waals surface area contributed by atoms with Gasteiger partial charge in [0.05, 0.1) is 12.8 Å². The van der Waals surface area contributed by atoms with Crippen molar-refractivity contribution in [3.8, 4) is 5.75 Å². The van der Waals surface area contributed by atoms with Crippen LogP contribution in [0.25, 0.3) is 0 Å². The summed E-state index contributed by atoms with van der Waals surface area (Å²) in [5.74, 6) is -1.45. The van der Waals surface area contributed by atoms with Crippen molar-refractivity contribution in [3.05, 3.63) is 58.6 Å². The number of para-hydroxylation sites is 1. The lowest BCUT2D eigenvalue weighted by molar-refractivity contribution is 0.0597. The van der Waals surface area contributed by atoms with E-state index in [0.717, 1.165) is 0 Å². The van der Waals surface area contributed by atoms with Gasteiger partial charge < -0.3 is 15.2 Å². The summed E-state index contributed by atoms with van der Waals surface area (Å²) in [7, 11) is 1.21. The summed E-state index contributed by atoms with van der Waals surface area (Å²) in [6, 6.07) is 10.7. The van der Waals surface area contributed by atoms with E-state index in [1.54, 1.807) is 24.3 Å². The Morgan fingerprint density at radius 2 is 1.81 bits per heavy atom. The van der Waals surface area contributed by atoms with Crippen molar-refractivity contribution >= 4 is 29.2 Å². The van der Waals surface area contributed by atoms with E-state index >= 15 is 0 Å². The largest absolute Gasteiger partial charge is 0.505 e. The highest BCUT2D eigenvalue weighted by Crippen LogP contribution is 2.28. The maximum Gasteiger partial charge on any atom is 0.341 e. The molecule has 2 rings (SSSR count). The molecule has 0 saturated carbocycles. The summed E-state index contributed by atoms with van der Waals surface area (Å²) in [5, 5.41) is 13.0. The molecular formula is C15H12ClNO4. The molecule has 0 aromatic heterocycles. The van der Waals surface area contributed by atoms with Crippen LogP contribution >= 0.6 is 11.6 Å². The van der Waals surface area contributed by atoms with Gasteiger partial charge in [-0.3, -0.25) is 4.79 Å². The molecule has 2 N–H and O–H groups in total. The second kappa shape index (κ2) is 6.28. The second-order valence-corrected chi connectivity index (χ2v) is 4.59. The molecule has 0 heterocycles. The molecule has 6 heteroatoms. The predicted molar refractivity (Wildman–Crippen MR) is 78.9 cm³/mol. The Hall–Kier alpha value is -2.53. The molecule has 0 radical (unpaired) electrons. The highest BCUT2D eigenvalue weighted by atomic mass is 35.5. The van der Waals surface area contributed by atoms with Crippen LogP contribution in [0.1, 0.15) is 20.7 Å². The molecule has 21 heavy (non-hydrogen) atoms. The maximum atomic E-state index is 12.0. The number of hydrogen-bond donors (Lipinski definition) is 2. The van der Waals surface area contributed by atoms with E-state index < -0.39 is 11.9 Å². The Morgan fingerprint density at radius 1 is 1.14 bits per heavy atom. The average Bonchev–Trinajstić information content (AvgIpc) is 2.49. The van der Waals surface area contributed by atoms with Crippen LogP contribution < -0.4 is 5.32 Å². The molecule has 0 bridgehead atoms. The molecule has 0 aliphatic carbocycles. The highest BCUT2D eigenvalue weighted by molar-refractivity contribution is 6.30. The van der Waals surface area contributed by atoms with Crippen LogP contribution in [0.2, 0.25) is 5.02 Å². The zero-order valence-electron chi connectivity index (χ0n) is 11.1. The predicted octanol–water partition coefficient (Wildman–Crippen LogP) is 3.08. The first-order chi connectivity index (χ1) is 10.0. The SMILES string of the molecule is COC(=O)c1cccc(NC(=O)c2ccc(Cl)cc2)c1O. The number of nitrogens with one attached hydrogen (secondary N) is 1. The Morgan fingerprint density at radius 3 is 2.43 bits per heavy atom. The van der Waals surface area contributed by atoms with Crippen molar-refractivity contribution in [2.75, 3.05) is 12.4 Å². The zero-order chi connectivity index (χ0) is 15.4. The minimum Gasteiger partial charge on any atom is -0.505 e. The first-order valence-corrected chi connectivity index (χ1v) is 6.38. The molecule has 2 aromatic carbocycles. The number of amides is 1. The van der Waals surface area contributed by atoms with Gasteiger partial charge in [0.15, 0.2) is 5.75 Å². The summed E-state index contributed by atoms with van der Waals surface area (Å²) in [4.78, 5) is 23.5. The van der Waals surface area contributed by atoms with Crippen LogP contribution in [0, 0.1) is 0 Å². The molecule has 0 fully saturated rings. The van der Waals surface area contributed by atoms with Gasteiger partial charge in [-0.25, -0.2) is 4.79 Å². The maximum absolute atomic E-state index is 12.0. The van der Waals surface area contributed by atoms with Crippen molar-refractivity contribution in [2.45, 2.75) is 0 Å². The number of phenolic OH excluding ortho intramolecular Hbond substituents is 1. The molecule has 2 aromatic rings. The number of carbonyl (C=O) groups is 2. The van der Waals surface area contributed by atoms with Gasteiger partial charge in [-0.2, -0.15) is 0 Å². The van der Waals surface area contributed by atoms with Crippen molar-refractivity contribution in [1.82, 2.24) is 0 Å². The van der Waals surface area contributed by atoms with E-state index in [9.17, 15) is 14.7 Å². The Kier molecular flexibility index (Phi) is 4.45. The third-order valence-corrected chi connectivity index (χ3v) is 3.05. The molecule has 0 unspecified atom stereocenters. The van der Waals surface area contributed by atoms with E-state index in [0.29, 0.717) is 10.6 Å². The number of anilines is 1. The van der Waals surface area contributed by atoms with E-state index in [2.05, 4.69) is 10.1 Å². The van der Waals surface area contributed by atoms with E-state index in [-0.39, 0.29) is 17.0 Å². The van der Waals surface area contributed by atoms with Crippen LogP contribution in [0.4, 0.5) is 5.69 Å². The third kappa shape index (κ3) is 3.32. The third-order valence-electron chi connectivity index (χ3n) is 2.80. The molecular weight excluding hydrogens is 294 g/mol. The normalized spacial score (nSPS) is 10.0. The van der Waals surface area contributed by atoms with Gasteiger partial charge in [-0.05, 0) is 36.4 Å². The molecule has 1 amide bonds. The summed E-state index contributed by atoms with van der Waals surface area (Å²) in [6.45, 7) is 0. The van der Waals surface area contributed by atoms with Crippen molar-refractivity contribution in [2.24, 2.45) is 0 Å². The van der Waals surface area contributed by atoms with Crippen LogP contribution in [0.15, 0.2) is 42.5 Å². The van der Waals surface area contributed by atoms with Gasteiger partial charge in [0.25, 0.3) is 5.91 Å². The monoisotopic (exact) mass is 305 g/mol. The minimum absolute atomic E-state index is 0.0218. The van der Waals surface area contributed by atoms with Gasteiger partial charge in [-0.1, -0.05) is 17.7 Å². The molecule has 0 spiro atoms. The van der Waals surface area contributed by atoms with Gasteiger partial charge in [-0.15, -0.1) is 0 Å². The second-order valence-electron chi connectivity index (χ2n) is 4.15. The Balaban J connectivity index is 2.25. The Bertz CT molecular complexity index is 683. The van der Waals surface area contributed by atoms with E-state index in [1.807, 2.05) is 0 Å². The van der Waals surface area contributed by atoms with Crippen molar-refractivity contribution in [1.29, 1.82) is 0 Å². The minimum atomic E-state index is -0.685. The fourth-order valence-corrected chi connectivity index (χ4v) is 1.84. The van der Waals surface area contributed by atoms with Crippen LogP contribution in [-0.4, -0.2) is 24.1 Å². The molecule has 0 aliphatic heterocycles. The number of carbonyl (C=O) groups excluding carboxylic acids is 2. The molecule has 0 atom stereocenters. The summed E-state index contributed by atoms with van der Waals surface area (Å²) >= 11 is 5.75. The number of phenols is 1. The van der Waals surface area contributed by atoms with Gasteiger partial charge >= 0.3 is 5.97 Å². The first kappa shape index (κ1) is 14.9.